The van der Waals surface area contributed by atoms with E-state index in [9.17, 15) is 0 Å². The molecule has 0 fully saturated rings. The molecule has 0 aromatic carbocycles. The minimum atomic E-state index is 0.0185. The molecule has 0 aromatic heterocycles. The first kappa shape index (κ1) is 4.53. The van der Waals surface area contributed by atoms with Gasteiger partial charge in [0.1, 0.15) is 6.17 Å². The van der Waals surface area contributed by atoms with E-state index < -0.39 is 0 Å². The molecule has 2 heteroatoms. The van der Waals surface area contributed by atoms with E-state index in [0.29, 0.717) is 0 Å². The van der Waals surface area contributed by atoms with Gasteiger partial charge in [0.05, 0.1) is 0 Å². The van der Waals surface area contributed by atoms with Crippen LogP contribution in [-0.2, 0) is 0 Å². The predicted octanol–water partition coefficient (Wildman–Crippen LogP) is 0.302. The van der Waals surface area contributed by atoms with E-state index in [1.54, 1.807) is 6.21 Å². The molecule has 0 amide bonds. The zero-order valence-electron chi connectivity index (χ0n) is 4.04. The lowest BCUT2D eigenvalue weighted by atomic mass is 10.3. The number of nitrogens with zero attached hydrogens (tertiary/aromatic N) is 1. The first-order valence-electron chi connectivity index (χ1n) is 2.33. The zero-order valence-corrected chi connectivity index (χ0v) is 4.04. The van der Waals surface area contributed by atoms with Gasteiger partial charge in [-0.3, -0.25) is 4.99 Å². The highest BCUT2D eigenvalue weighted by molar-refractivity contribution is 5.71. The maximum Gasteiger partial charge on any atom is 0.100 e. The number of allylic oxidation sites excluding steroid dienone is 1. The highest BCUT2D eigenvalue weighted by Crippen LogP contribution is 1.94. The van der Waals surface area contributed by atoms with Gasteiger partial charge in [-0.15, -0.1) is 0 Å². The summed E-state index contributed by atoms with van der Waals surface area (Å²) < 4.78 is 0. The van der Waals surface area contributed by atoms with Crippen LogP contribution in [0.1, 0.15) is 6.42 Å². The van der Waals surface area contributed by atoms with Gasteiger partial charge < -0.3 is 5.73 Å². The molecule has 38 valence electrons. The lowest BCUT2D eigenvalue weighted by Gasteiger charge is -2.02. The quantitative estimate of drug-likeness (QED) is 0.463. The molecule has 2 N–H and O–H groups in total. The van der Waals surface area contributed by atoms with Crippen molar-refractivity contribution in [3.8, 4) is 0 Å². The third kappa shape index (κ3) is 1.12. The third-order valence-corrected chi connectivity index (χ3v) is 0.877. The molecule has 1 aliphatic heterocycles. The van der Waals surface area contributed by atoms with E-state index in [4.69, 9.17) is 5.73 Å². The Bertz CT molecular complexity index is 105. The van der Waals surface area contributed by atoms with Crippen LogP contribution >= 0.6 is 0 Å². The molecule has 1 atom stereocenters. The van der Waals surface area contributed by atoms with Crippen molar-refractivity contribution in [3.63, 3.8) is 0 Å². The van der Waals surface area contributed by atoms with Crippen LogP contribution in [0.2, 0.25) is 0 Å². The zero-order chi connectivity index (χ0) is 5.11. The molecule has 0 aliphatic carbocycles. The van der Waals surface area contributed by atoms with Gasteiger partial charge >= 0.3 is 0 Å². The number of dihydropyridines is 1. The molecule has 0 saturated carbocycles. The van der Waals surface area contributed by atoms with Crippen LogP contribution < -0.4 is 5.73 Å². The average molecular weight is 96.1 g/mol. The molecule has 0 spiro atoms. The maximum atomic E-state index is 5.39. The molecule has 0 unspecified atom stereocenters. The van der Waals surface area contributed by atoms with Crippen LogP contribution in [0, 0.1) is 0 Å². The molecule has 0 radical (unpaired) electrons. The number of hydrogen-bond acceptors (Lipinski definition) is 2. The maximum absolute atomic E-state index is 5.39. The minimum absolute atomic E-state index is 0.0185. The normalized spacial score (nSPS) is 28.4. The van der Waals surface area contributed by atoms with Crippen molar-refractivity contribution >= 4 is 6.21 Å². The Morgan fingerprint density at radius 3 is 2.86 bits per heavy atom. The predicted molar refractivity (Wildman–Crippen MR) is 30.2 cm³/mol. The fourth-order valence-electron chi connectivity index (χ4n) is 0.500. The number of rotatable bonds is 0. The smallest absolute Gasteiger partial charge is 0.100 e. The summed E-state index contributed by atoms with van der Waals surface area (Å²) in [5.41, 5.74) is 5.39. The van der Waals surface area contributed by atoms with Gasteiger partial charge in [-0.2, -0.15) is 0 Å². The van der Waals surface area contributed by atoms with Crippen molar-refractivity contribution in [2.45, 2.75) is 12.6 Å². The largest absolute Gasteiger partial charge is 0.309 e. The second-order valence-corrected chi connectivity index (χ2v) is 1.53. The standard InChI is InChI=1S/C5H8N2/c6-5-3-1-2-4-7-5/h1-2,4-5H,3,6H2/t5-/m0/s1. The summed E-state index contributed by atoms with van der Waals surface area (Å²) in [6.07, 6.45) is 6.55. The van der Waals surface area contributed by atoms with E-state index in [0.717, 1.165) is 6.42 Å². The Morgan fingerprint density at radius 1 is 1.71 bits per heavy atom. The summed E-state index contributed by atoms with van der Waals surface area (Å²) in [4.78, 5) is 3.90. The van der Waals surface area contributed by atoms with Crippen LogP contribution in [0.3, 0.4) is 0 Å². The number of aliphatic imine (C=N–C) groups is 1. The molecule has 7 heavy (non-hydrogen) atoms. The Morgan fingerprint density at radius 2 is 2.57 bits per heavy atom. The number of nitrogens with two attached hydrogens (primary N) is 1. The summed E-state index contributed by atoms with van der Waals surface area (Å²) in [5, 5.41) is 0. The Hall–Kier alpha value is -0.630. The van der Waals surface area contributed by atoms with E-state index in [-0.39, 0.29) is 6.17 Å². The fraction of sp³-hybridized carbons (Fsp3) is 0.400. The highest BCUT2D eigenvalue weighted by Gasteiger charge is 1.94. The number of hydrogen-bond donors (Lipinski definition) is 1. The molecule has 1 rings (SSSR count). The third-order valence-electron chi connectivity index (χ3n) is 0.877. The van der Waals surface area contributed by atoms with Crippen molar-refractivity contribution < 1.29 is 0 Å². The van der Waals surface area contributed by atoms with Crippen molar-refractivity contribution in [2.24, 2.45) is 10.7 Å². The van der Waals surface area contributed by atoms with Crippen molar-refractivity contribution in [2.75, 3.05) is 0 Å². The summed E-state index contributed by atoms with van der Waals surface area (Å²) in [5.74, 6) is 0. The van der Waals surface area contributed by atoms with Gasteiger partial charge in [0, 0.05) is 12.6 Å². The second kappa shape index (κ2) is 1.89. The second-order valence-electron chi connectivity index (χ2n) is 1.53. The molecule has 0 saturated heterocycles. The molecule has 2 nitrogen and oxygen atoms in total. The van der Waals surface area contributed by atoms with Crippen LogP contribution in [0.5, 0.6) is 0 Å². The van der Waals surface area contributed by atoms with Gasteiger partial charge in [-0.05, 0) is 6.08 Å². The Kier molecular flexibility index (Phi) is 1.22. The van der Waals surface area contributed by atoms with E-state index in [1.807, 2.05) is 12.2 Å². The fourth-order valence-corrected chi connectivity index (χ4v) is 0.500. The van der Waals surface area contributed by atoms with E-state index in [2.05, 4.69) is 4.99 Å². The van der Waals surface area contributed by atoms with Crippen LogP contribution in [-0.4, -0.2) is 12.4 Å². The summed E-state index contributed by atoms with van der Waals surface area (Å²) in [7, 11) is 0. The van der Waals surface area contributed by atoms with E-state index >= 15 is 0 Å². The van der Waals surface area contributed by atoms with Crippen LogP contribution in [0.25, 0.3) is 0 Å². The van der Waals surface area contributed by atoms with Crippen molar-refractivity contribution in [1.29, 1.82) is 0 Å². The van der Waals surface area contributed by atoms with Gasteiger partial charge in [0.15, 0.2) is 0 Å². The van der Waals surface area contributed by atoms with Crippen LogP contribution in [0.4, 0.5) is 0 Å². The molecular weight excluding hydrogens is 88.1 g/mol. The lowest BCUT2D eigenvalue weighted by Crippen LogP contribution is -2.17. The average Bonchev–Trinajstić information content (AvgIpc) is 1.69. The Labute approximate surface area is 42.7 Å². The lowest BCUT2D eigenvalue weighted by molar-refractivity contribution is 0.720. The molecular formula is C5H8N2. The highest BCUT2D eigenvalue weighted by atomic mass is 14.9. The minimum Gasteiger partial charge on any atom is -0.309 e. The van der Waals surface area contributed by atoms with E-state index in [1.165, 1.54) is 0 Å². The molecule has 1 heterocycles. The van der Waals surface area contributed by atoms with Crippen LogP contribution in [0.15, 0.2) is 17.1 Å². The van der Waals surface area contributed by atoms with Gasteiger partial charge in [-0.25, -0.2) is 0 Å². The topological polar surface area (TPSA) is 38.4 Å². The van der Waals surface area contributed by atoms with Crippen molar-refractivity contribution in [1.82, 2.24) is 0 Å². The summed E-state index contributed by atoms with van der Waals surface area (Å²) >= 11 is 0. The molecule has 0 bridgehead atoms. The monoisotopic (exact) mass is 96.1 g/mol. The van der Waals surface area contributed by atoms with Crippen molar-refractivity contribution in [3.05, 3.63) is 12.2 Å². The first-order chi connectivity index (χ1) is 3.39. The van der Waals surface area contributed by atoms with Gasteiger partial charge in [-0.1, -0.05) is 6.08 Å². The van der Waals surface area contributed by atoms with Gasteiger partial charge in [0.2, 0.25) is 0 Å². The summed E-state index contributed by atoms with van der Waals surface area (Å²) in [6.45, 7) is 0. The first-order valence-corrected chi connectivity index (χ1v) is 2.33. The SMILES string of the molecule is N[C@@H]1CC=CC=N1. The summed E-state index contributed by atoms with van der Waals surface area (Å²) in [6, 6.07) is 0. The Balaban J connectivity index is 2.49. The molecule has 1 aliphatic rings. The molecule has 0 aromatic rings. The van der Waals surface area contributed by atoms with Gasteiger partial charge in [0.25, 0.3) is 0 Å².